The Morgan fingerprint density at radius 3 is 2.92 bits per heavy atom. The van der Waals surface area contributed by atoms with Crippen LogP contribution in [0.5, 0.6) is 0 Å². The van der Waals surface area contributed by atoms with Gasteiger partial charge in [0, 0.05) is 18.0 Å². The van der Waals surface area contributed by atoms with Crippen molar-refractivity contribution in [3.63, 3.8) is 0 Å². The molecule has 0 radical (unpaired) electrons. The highest BCUT2D eigenvalue weighted by Crippen LogP contribution is 2.52. The Morgan fingerprint density at radius 1 is 1.50 bits per heavy atom. The van der Waals surface area contributed by atoms with Crippen molar-refractivity contribution < 1.29 is 4.79 Å². The first-order chi connectivity index (χ1) is 5.61. The minimum Gasteiger partial charge on any atom is -0.281 e. The van der Waals surface area contributed by atoms with Crippen molar-refractivity contribution in [2.75, 3.05) is 0 Å². The van der Waals surface area contributed by atoms with Crippen molar-refractivity contribution in [1.82, 2.24) is 4.98 Å². The van der Waals surface area contributed by atoms with Crippen LogP contribution < -0.4 is 0 Å². The predicted octanol–water partition coefficient (Wildman–Crippen LogP) is 2.56. The quantitative estimate of drug-likeness (QED) is 0.629. The summed E-state index contributed by atoms with van der Waals surface area (Å²) in [6.45, 7) is 0. The first-order valence-electron chi connectivity index (χ1n) is 3.17. The van der Waals surface area contributed by atoms with Gasteiger partial charge < -0.3 is 0 Å². The van der Waals surface area contributed by atoms with Gasteiger partial charge in [-0.25, -0.2) is 0 Å². The zero-order valence-electron chi connectivity index (χ0n) is 5.75. The molecular formula is C7H3Cl2NOS. The third-order valence-electron chi connectivity index (χ3n) is 1.58. The Labute approximate surface area is 83.3 Å². The summed E-state index contributed by atoms with van der Waals surface area (Å²) in [5.41, 5.74) is 1.14. The molecule has 0 unspecified atom stereocenters. The summed E-state index contributed by atoms with van der Waals surface area (Å²) in [5, 5.41) is -0.122. The van der Waals surface area contributed by atoms with Crippen LogP contribution in [0.2, 0.25) is 0 Å². The van der Waals surface area contributed by atoms with E-state index in [0.717, 1.165) is 11.8 Å². The average molecular weight is 220 g/mol. The van der Waals surface area contributed by atoms with Crippen LogP contribution in [0.25, 0.3) is 0 Å². The van der Waals surface area contributed by atoms with E-state index in [4.69, 9.17) is 23.2 Å². The van der Waals surface area contributed by atoms with Gasteiger partial charge in [-0.3, -0.25) is 9.78 Å². The number of hydrogen-bond donors (Lipinski definition) is 0. The number of carbonyl (C=O) groups is 1. The monoisotopic (exact) mass is 219 g/mol. The van der Waals surface area contributed by atoms with Crippen LogP contribution in [0, 0.1) is 0 Å². The van der Waals surface area contributed by atoms with E-state index < -0.39 is 3.67 Å². The molecular weight excluding hydrogens is 217 g/mol. The van der Waals surface area contributed by atoms with Gasteiger partial charge in [-0.1, -0.05) is 23.2 Å². The molecule has 1 aromatic rings. The fourth-order valence-corrected chi connectivity index (χ4v) is 2.58. The molecule has 5 heteroatoms. The van der Waals surface area contributed by atoms with Crippen LogP contribution in [0.3, 0.4) is 0 Å². The molecule has 62 valence electrons. The van der Waals surface area contributed by atoms with Gasteiger partial charge in [0.15, 0.2) is 3.67 Å². The van der Waals surface area contributed by atoms with Gasteiger partial charge >= 0.3 is 0 Å². The molecule has 0 N–H and O–H groups in total. The first kappa shape index (κ1) is 8.35. The van der Waals surface area contributed by atoms with Gasteiger partial charge in [-0.2, -0.15) is 0 Å². The van der Waals surface area contributed by atoms with Gasteiger partial charge in [0.1, 0.15) is 0 Å². The van der Waals surface area contributed by atoms with Crippen LogP contribution in [0.1, 0.15) is 15.9 Å². The number of nitrogens with zero attached hydrogens (tertiary/aromatic N) is 1. The molecule has 0 spiro atoms. The highest BCUT2D eigenvalue weighted by Gasteiger charge is 2.41. The van der Waals surface area contributed by atoms with E-state index in [2.05, 4.69) is 4.98 Å². The SMILES string of the molecule is O=C1SC(Cl)(Cl)c2ccncc21. The van der Waals surface area contributed by atoms with E-state index in [1.165, 1.54) is 6.20 Å². The summed E-state index contributed by atoms with van der Waals surface area (Å²) in [6.07, 6.45) is 3.05. The number of halogens is 2. The number of rotatable bonds is 0. The maximum atomic E-state index is 11.2. The minimum atomic E-state index is -1.13. The molecule has 1 aliphatic rings. The number of fused-ring (bicyclic) bond motifs is 1. The zero-order chi connectivity index (χ0) is 8.77. The van der Waals surface area contributed by atoms with Crippen molar-refractivity contribution >= 4 is 40.1 Å². The largest absolute Gasteiger partial charge is 0.281 e. The highest BCUT2D eigenvalue weighted by atomic mass is 35.5. The topological polar surface area (TPSA) is 30.0 Å². The van der Waals surface area contributed by atoms with E-state index in [0.29, 0.717) is 11.1 Å². The summed E-state index contributed by atoms with van der Waals surface area (Å²) in [6, 6.07) is 1.66. The molecule has 2 nitrogen and oxygen atoms in total. The number of thioether (sulfide) groups is 1. The molecule has 2 rings (SSSR count). The first-order valence-corrected chi connectivity index (χ1v) is 4.74. The number of hydrogen-bond acceptors (Lipinski definition) is 3. The lowest BCUT2D eigenvalue weighted by molar-refractivity contribution is 0.109. The third-order valence-corrected chi connectivity index (χ3v) is 3.33. The van der Waals surface area contributed by atoms with E-state index >= 15 is 0 Å². The van der Waals surface area contributed by atoms with Crippen molar-refractivity contribution in [1.29, 1.82) is 0 Å². The van der Waals surface area contributed by atoms with Gasteiger partial charge in [0.25, 0.3) is 0 Å². The van der Waals surface area contributed by atoms with Crippen LogP contribution in [0.4, 0.5) is 0 Å². The van der Waals surface area contributed by atoms with Crippen molar-refractivity contribution in [3.8, 4) is 0 Å². The second-order valence-electron chi connectivity index (χ2n) is 2.33. The van der Waals surface area contributed by atoms with Crippen LogP contribution in [-0.2, 0) is 3.67 Å². The summed E-state index contributed by atoms with van der Waals surface area (Å²) in [4.78, 5) is 15.1. The normalized spacial score (nSPS) is 19.3. The molecule has 0 saturated heterocycles. The average Bonchev–Trinajstić information content (AvgIpc) is 2.25. The van der Waals surface area contributed by atoms with Crippen LogP contribution in [-0.4, -0.2) is 10.1 Å². The summed E-state index contributed by atoms with van der Waals surface area (Å²) in [7, 11) is 0. The second kappa shape index (κ2) is 2.62. The number of aromatic nitrogens is 1. The van der Waals surface area contributed by atoms with Gasteiger partial charge in [-0.15, -0.1) is 0 Å². The van der Waals surface area contributed by atoms with Gasteiger partial charge in [-0.05, 0) is 17.8 Å². The van der Waals surface area contributed by atoms with E-state index in [9.17, 15) is 4.79 Å². The number of pyridine rings is 1. The molecule has 0 aromatic carbocycles. The second-order valence-corrected chi connectivity index (χ2v) is 5.29. The molecule has 0 bridgehead atoms. The maximum absolute atomic E-state index is 11.2. The molecule has 0 atom stereocenters. The lowest BCUT2D eigenvalue weighted by Crippen LogP contribution is -1.99. The molecule has 1 aliphatic heterocycles. The lowest BCUT2D eigenvalue weighted by Gasteiger charge is -2.09. The fraction of sp³-hybridized carbons (Fsp3) is 0.143. The summed E-state index contributed by atoms with van der Waals surface area (Å²) < 4.78 is -1.13. The maximum Gasteiger partial charge on any atom is 0.224 e. The summed E-state index contributed by atoms with van der Waals surface area (Å²) in [5.74, 6) is 0. The Balaban J connectivity index is 2.66. The van der Waals surface area contributed by atoms with Crippen molar-refractivity contribution in [3.05, 3.63) is 29.6 Å². The Hall–Kier alpha value is -0.250. The molecule has 0 saturated carbocycles. The standard InChI is InChI=1S/C7H3Cl2NOS/c8-7(9)5-1-2-10-3-4(5)6(11)12-7/h1-3H. The van der Waals surface area contributed by atoms with Crippen LogP contribution in [0.15, 0.2) is 18.5 Å². The Bertz CT molecular complexity index is 353. The fourth-order valence-electron chi connectivity index (χ4n) is 1.04. The van der Waals surface area contributed by atoms with Crippen molar-refractivity contribution in [2.45, 2.75) is 3.67 Å². The smallest absolute Gasteiger partial charge is 0.224 e. The Morgan fingerprint density at radius 2 is 2.25 bits per heavy atom. The van der Waals surface area contributed by atoms with Crippen LogP contribution >= 0.6 is 35.0 Å². The van der Waals surface area contributed by atoms with E-state index in [1.54, 1.807) is 12.3 Å². The number of alkyl halides is 2. The highest BCUT2D eigenvalue weighted by molar-refractivity contribution is 8.17. The zero-order valence-corrected chi connectivity index (χ0v) is 8.08. The number of carbonyl (C=O) groups excluding carboxylic acids is 1. The van der Waals surface area contributed by atoms with Crippen molar-refractivity contribution in [2.24, 2.45) is 0 Å². The minimum absolute atomic E-state index is 0.122. The third kappa shape index (κ3) is 1.13. The van der Waals surface area contributed by atoms with Gasteiger partial charge in [0.2, 0.25) is 5.12 Å². The predicted molar refractivity (Wildman–Crippen MR) is 49.5 cm³/mol. The molecule has 0 amide bonds. The molecule has 12 heavy (non-hydrogen) atoms. The lowest BCUT2D eigenvalue weighted by atomic mass is 10.2. The molecule has 0 fully saturated rings. The summed E-state index contributed by atoms with van der Waals surface area (Å²) >= 11 is 12.6. The molecule has 0 aliphatic carbocycles. The molecule has 1 aromatic heterocycles. The van der Waals surface area contributed by atoms with Gasteiger partial charge in [0.05, 0.1) is 5.56 Å². The Kier molecular flexibility index (Phi) is 1.82. The van der Waals surface area contributed by atoms with E-state index in [-0.39, 0.29) is 5.12 Å². The van der Waals surface area contributed by atoms with E-state index in [1.807, 2.05) is 0 Å². The molecule has 2 heterocycles.